The molecule has 1 aliphatic heterocycles. The number of rotatable bonds is 5. The van der Waals surface area contributed by atoms with E-state index in [0.29, 0.717) is 5.82 Å². The van der Waals surface area contributed by atoms with Crippen LogP contribution in [0.1, 0.15) is 29.1 Å². The zero-order chi connectivity index (χ0) is 16.9. The molecule has 0 saturated carbocycles. The molecule has 122 valence electrons. The lowest BCUT2D eigenvalue weighted by molar-refractivity contribution is -0.119. The Bertz CT molecular complexity index is 746. The standard InChI is InChI=1S/C17H16N4O3/c1-2-24-17(23)13-10-18-16(19-11-13)15-8-9-20(21(15)12-22)14-6-4-3-5-7-14/h3-12,15H,2H2,1H3. The van der Waals surface area contributed by atoms with Gasteiger partial charge in [0, 0.05) is 18.6 Å². The van der Waals surface area contributed by atoms with Crippen molar-refractivity contribution in [3.63, 3.8) is 0 Å². The van der Waals surface area contributed by atoms with E-state index in [1.165, 1.54) is 17.4 Å². The number of benzene rings is 1. The lowest BCUT2D eigenvalue weighted by Gasteiger charge is -2.29. The van der Waals surface area contributed by atoms with Crippen LogP contribution >= 0.6 is 0 Å². The largest absolute Gasteiger partial charge is 0.462 e. The molecule has 0 radical (unpaired) electrons. The molecule has 0 spiro atoms. The van der Waals surface area contributed by atoms with E-state index in [9.17, 15) is 9.59 Å². The molecule has 0 bridgehead atoms. The zero-order valence-electron chi connectivity index (χ0n) is 13.1. The number of carbonyl (C=O) groups excluding carboxylic acids is 2. The minimum atomic E-state index is -0.468. The molecule has 0 saturated heterocycles. The highest BCUT2D eigenvalue weighted by Crippen LogP contribution is 2.30. The number of carbonyl (C=O) groups is 2. The van der Waals surface area contributed by atoms with Crippen molar-refractivity contribution in [2.24, 2.45) is 0 Å². The number of ether oxygens (including phenoxy) is 1. The highest BCUT2D eigenvalue weighted by atomic mass is 16.5. The molecule has 0 fully saturated rings. The normalized spacial score (nSPS) is 16.3. The topological polar surface area (TPSA) is 75.6 Å². The number of hydrazine groups is 1. The molecule has 7 nitrogen and oxygen atoms in total. The molecule has 1 atom stereocenters. The van der Waals surface area contributed by atoms with Gasteiger partial charge in [-0.2, -0.15) is 0 Å². The number of aromatic nitrogens is 2. The smallest absolute Gasteiger partial charge is 0.341 e. The number of esters is 1. The van der Waals surface area contributed by atoms with Crippen molar-refractivity contribution in [2.75, 3.05) is 11.6 Å². The third-order valence-electron chi connectivity index (χ3n) is 3.52. The van der Waals surface area contributed by atoms with Crippen LogP contribution in [-0.2, 0) is 9.53 Å². The first-order valence-corrected chi connectivity index (χ1v) is 7.49. The van der Waals surface area contributed by atoms with E-state index in [1.54, 1.807) is 18.1 Å². The van der Waals surface area contributed by atoms with Crippen LogP contribution in [0.5, 0.6) is 0 Å². The van der Waals surface area contributed by atoms with Crippen molar-refractivity contribution in [3.8, 4) is 0 Å². The Kier molecular flexibility index (Phi) is 4.51. The van der Waals surface area contributed by atoms with Gasteiger partial charge in [0.15, 0.2) is 5.82 Å². The Morgan fingerprint density at radius 1 is 1.25 bits per heavy atom. The van der Waals surface area contributed by atoms with Crippen LogP contribution < -0.4 is 5.01 Å². The quantitative estimate of drug-likeness (QED) is 0.619. The summed E-state index contributed by atoms with van der Waals surface area (Å²) in [7, 11) is 0. The summed E-state index contributed by atoms with van der Waals surface area (Å²) in [4.78, 5) is 31.6. The van der Waals surface area contributed by atoms with Gasteiger partial charge >= 0.3 is 5.97 Å². The zero-order valence-corrected chi connectivity index (χ0v) is 13.1. The molecule has 24 heavy (non-hydrogen) atoms. The Labute approximate surface area is 139 Å². The van der Waals surface area contributed by atoms with Gasteiger partial charge in [0.2, 0.25) is 6.41 Å². The maximum Gasteiger partial charge on any atom is 0.341 e. The third kappa shape index (κ3) is 2.96. The average Bonchev–Trinajstić information content (AvgIpc) is 3.07. The molecular formula is C17H16N4O3. The lowest BCUT2D eigenvalue weighted by Crippen LogP contribution is -2.36. The van der Waals surface area contributed by atoms with Crippen molar-refractivity contribution in [1.29, 1.82) is 0 Å². The SMILES string of the molecule is CCOC(=O)c1cnc(C2C=CN(c3ccccc3)N2C=O)nc1. The summed E-state index contributed by atoms with van der Waals surface area (Å²) in [6.45, 7) is 2.02. The van der Waals surface area contributed by atoms with Gasteiger partial charge in [-0.25, -0.2) is 19.8 Å². The number of hydrogen-bond donors (Lipinski definition) is 0. The van der Waals surface area contributed by atoms with Gasteiger partial charge in [-0.05, 0) is 25.1 Å². The molecule has 2 aromatic rings. The molecule has 0 N–H and O–H groups in total. The van der Waals surface area contributed by atoms with Crippen LogP contribution in [0.3, 0.4) is 0 Å². The van der Waals surface area contributed by atoms with Crippen LogP contribution in [0.15, 0.2) is 55.0 Å². The van der Waals surface area contributed by atoms with E-state index in [-0.39, 0.29) is 12.2 Å². The van der Waals surface area contributed by atoms with Crippen molar-refractivity contribution in [3.05, 3.63) is 66.4 Å². The first kappa shape index (κ1) is 15.7. The third-order valence-corrected chi connectivity index (χ3v) is 3.52. The van der Waals surface area contributed by atoms with E-state index in [4.69, 9.17) is 4.74 Å². The average molecular weight is 324 g/mol. The Morgan fingerprint density at radius 2 is 1.96 bits per heavy atom. The molecule has 7 heteroatoms. The van der Waals surface area contributed by atoms with E-state index in [2.05, 4.69) is 9.97 Å². The number of anilines is 1. The van der Waals surface area contributed by atoms with Crippen LogP contribution in [0, 0.1) is 0 Å². The molecule has 3 rings (SSSR count). The van der Waals surface area contributed by atoms with Crippen molar-refractivity contribution in [1.82, 2.24) is 15.0 Å². The molecule has 2 heterocycles. The van der Waals surface area contributed by atoms with E-state index in [0.717, 1.165) is 12.1 Å². The van der Waals surface area contributed by atoms with Gasteiger partial charge in [0.1, 0.15) is 6.04 Å². The summed E-state index contributed by atoms with van der Waals surface area (Å²) in [5, 5.41) is 3.20. The van der Waals surface area contributed by atoms with Crippen molar-refractivity contribution < 1.29 is 14.3 Å². The summed E-state index contributed by atoms with van der Waals surface area (Å²) >= 11 is 0. The Balaban J connectivity index is 1.81. The Hall–Kier alpha value is -3.22. The molecule has 1 amide bonds. The number of nitrogens with zero attached hydrogens (tertiary/aromatic N) is 4. The van der Waals surface area contributed by atoms with Crippen molar-refractivity contribution in [2.45, 2.75) is 13.0 Å². The predicted molar refractivity (Wildman–Crippen MR) is 86.7 cm³/mol. The minimum absolute atomic E-state index is 0.278. The van der Waals surface area contributed by atoms with Crippen molar-refractivity contribution >= 4 is 18.1 Å². The summed E-state index contributed by atoms with van der Waals surface area (Å²) in [6, 6.07) is 9.05. The summed E-state index contributed by atoms with van der Waals surface area (Å²) in [5.41, 5.74) is 1.13. The van der Waals surface area contributed by atoms with Crippen LogP contribution in [0.4, 0.5) is 5.69 Å². The van der Waals surface area contributed by atoms with Gasteiger partial charge in [-0.1, -0.05) is 18.2 Å². The first-order valence-electron chi connectivity index (χ1n) is 7.49. The Morgan fingerprint density at radius 3 is 2.58 bits per heavy atom. The molecule has 0 aliphatic carbocycles. The second-order valence-corrected chi connectivity index (χ2v) is 5.00. The first-order chi connectivity index (χ1) is 11.7. The maximum atomic E-state index is 11.6. The predicted octanol–water partition coefficient (Wildman–Crippen LogP) is 2.10. The van der Waals surface area contributed by atoms with Crippen LogP contribution in [0.25, 0.3) is 0 Å². The summed E-state index contributed by atoms with van der Waals surface area (Å²) in [5.74, 6) is -0.0472. The number of hydrogen-bond acceptors (Lipinski definition) is 6. The summed E-state index contributed by atoms with van der Waals surface area (Å²) < 4.78 is 4.90. The van der Waals surface area contributed by atoms with E-state index in [1.807, 2.05) is 36.4 Å². The minimum Gasteiger partial charge on any atom is -0.462 e. The van der Waals surface area contributed by atoms with Gasteiger partial charge in [0.25, 0.3) is 0 Å². The van der Waals surface area contributed by atoms with Crippen LogP contribution in [-0.4, -0.2) is 34.0 Å². The van der Waals surface area contributed by atoms with Gasteiger partial charge in [0.05, 0.1) is 17.9 Å². The second kappa shape index (κ2) is 6.91. The fraction of sp³-hybridized carbons (Fsp3) is 0.176. The monoisotopic (exact) mass is 324 g/mol. The van der Waals surface area contributed by atoms with Crippen LogP contribution in [0.2, 0.25) is 0 Å². The number of para-hydroxylation sites is 1. The van der Waals surface area contributed by atoms with Gasteiger partial charge < -0.3 is 4.74 Å². The van der Waals surface area contributed by atoms with E-state index < -0.39 is 12.0 Å². The molecule has 1 aliphatic rings. The molecule has 1 unspecified atom stereocenters. The number of amides is 1. The lowest BCUT2D eigenvalue weighted by atomic mass is 10.2. The van der Waals surface area contributed by atoms with E-state index >= 15 is 0 Å². The fourth-order valence-corrected chi connectivity index (χ4v) is 2.39. The second-order valence-electron chi connectivity index (χ2n) is 5.00. The molecular weight excluding hydrogens is 308 g/mol. The molecule has 1 aromatic carbocycles. The fourth-order valence-electron chi connectivity index (χ4n) is 2.39. The van der Waals surface area contributed by atoms with Gasteiger partial charge in [-0.15, -0.1) is 0 Å². The highest BCUT2D eigenvalue weighted by Gasteiger charge is 2.29. The molecule has 1 aromatic heterocycles. The summed E-state index contributed by atoms with van der Waals surface area (Å²) in [6.07, 6.45) is 7.14. The highest BCUT2D eigenvalue weighted by molar-refractivity contribution is 5.88. The maximum absolute atomic E-state index is 11.6. The van der Waals surface area contributed by atoms with Gasteiger partial charge in [-0.3, -0.25) is 9.80 Å².